The van der Waals surface area contributed by atoms with Crippen LogP contribution in [-0.4, -0.2) is 39.9 Å². The summed E-state index contributed by atoms with van der Waals surface area (Å²) in [7, 11) is 0. The first-order chi connectivity index (χ1) is 11.0. The van der Waals surface area contributed by atoms with Crippen LogP contribution in [0.4, 0.5) is 0 Å². The van der Waals surface area contributed by atoms with Gasteiger partial charge in [0.1, 0.15) is 0 Å². The minimum Gasteiger partial charge on any atom is -0.366 e. The fraction of sp³-hybridized carbons (Fsp3) is 0.375. The van der Waals surface area contributed by atoms with E-state index in [1.807, 2.05) is 0 Å². The second-order valence-corrected chi connectivity index (χ2v) is 5.71. The number of carbonyl (C=O) groups is 2. The molecule has 2 heterocycles. The van der Waals surface area contributed by atoms with Gasteiger partial charge in [0.15, 0.2) is 5.82 Å². The molecule has 0 spiro atoms. The van der Waals surface area contributed by atoms with Gasteiger partial charge in [0.05, 0.1) is 5.92 Å². The Bertz CT molecular complexity index is 723. The first-order valence-corrected chi connectivity index (χ1v) is 7.54. The minimum absolute atomic E-state index is 0.0676. The lowest BCUT2D eigenvalue weighted by Gasteiger charge is -2.31. The fourth-order valence-electron chi connectivity index (χ4n) is 2.80. The molecule has 0 saturated carbocycles. The number of likely N-dealkylation sites (tertiary alicyclic amines) is 1. The van der Waals surface area contributed by atoms with Crippen LogP contribution in [0.5, 0.6) is 0 Å². The molecule has 7 heteroatoms. The predicted molar refractivity (Wildman–Crippen MR) is 81.9 cm³/mol. The number of amides is 2. The van der Waals surface area contributed by atoms with Crippen molar-refractivity contribution in [3.8, 4) is 0 Å². The van der Waals surface area contributed by atoms with E-state index in [9.17, 15) is 9.59 Å². The quantitative estimate of drug-likeness (QED) is 0.924. The number of nitrogens with two attached hydrogens (primary N) is 1. The molecule has 1 atom stereocenters. The summed E-state index contributed by atoms with van der Waals surface area (Å²) in [6.07, 6.45) is 1.81. The molecule has 0 radical (unpaired) electrons. The molecule has 23 heavy (non-hydrogen) atoms. The van der Waals surface area contributed by atoms with Crippen LogP contribution in [-0.2, 0) is 0 Å². The summed E-state index contributed by atoms with van der Waals surface area (Å²) >= 11 is 0. The maximum atomic E-state index is 12.6. The fourth-order valence-corrected chi connectivity index (χ4v) is 2.80. The number of aryl methyl sites for hydroxylation is 1. The molecular formula is C16H18N4O3. The molecule has 2 aromatic rings. The van der Waals surface area contributed by atoms with Crippen molar-refractivity contribution in [1.29, 1.82) is 0 Å². The highest BCUT2D eigenvalue weighted by atomic mass is 16.5. The molecular weight excluding hydrogens is 296 g/mol. The molecule has 0 bridgehead atoms. The van der Waals surface area contributed by atoms with Crippen molar-refractivity contribution in [2.75, 3.05) is 13.1 Å². The standard InChI is InChI=1S/C16H18N4O3/c1-10-18-15(23-19-10)13-3-2-8-20(9-13)16(22)12-6-4-11(5-7-12)14(17)21/h4-7,13H,2-3,8-9H2,1H3,(H2,17,21). The van der Waals surface area contributed by atoms with Crippen molar-refractivity contribution in [3.05, 3.63) is 47.1 Å². The maximum Gasteiger partial charge on any atom is 0.253 e. The van der Waals surface area contributed by atoms with E-state index in [-0.39, 0.29) is 11.8 Å². The lowest BCUT2D eigenvalue weighted by atomic mass is 9.97. The lowest BCUT2D eigenvalue weighted by Crippen LogP contribution is -2.39. The van der Waals surface area contributed by atoms with Gasteiger partial charge in [0, 0.05) is 24.2 Å². The van der Waals surface area contributed by atoms with Crippen LogP contribution in [0.15, 0.2) is 28.8 Å². The Morgan fingerprint density at radius 1 is 1.26 bits per heavy atom. The Hall–Kier alpha value is -2.70. The number of carbonyl (C=O) groups excluding carboxylic acids is 2. The molecule has 7 nitrogen and oxygen atoms in total. The molecule has 3 rings (SSSR count). The van der Waals surface area contributed by atoms with E-state index in [0.29, 0.717) is 35.9 Å². The van der Waals surface area contributed by atoms with Gasteiger partial charge in [0.2, 0.25) is 11.8 Å². The topological polar surface area (TPSA) is 102 Å². The molecule has 1 saturated heterocycles. The van der Waals surface area contributed by atoms with Crippen molar-refractivity contribution >= 4 is 11.8 Å². The molecule has 0 aliphatic carbocycles. The van der Waals surface area contributed by atoms with E-state index >= 15 is 0 Å². The third kappa shape index (κ3) is 3.23. The van der Waals surface area contributed by atoms with Crippen LogP contribution in [0.3, 0.4) is 0 Å². The van der Waals surface area contributed by atoms with Gasteiger partial charge in [-0.3, -0.25) is 9.59 Å². The van der Waals surface area contributed by atoms with E-state index in [0.717, 1.165) is 12.8 Å². The van der Waals surface area contributed by atoms with Crippen LogP contribution in [0.1, 0.15) is 51.2 Å². The average molecular weight is 314 g/mol. The summed E-state index contributed by atoms with van der Waals surface area (Å²) in [6, 6.07) is 6.39. The number of hydrogen-bond acceptors (Lipinski definition) is 5. The highest BCUT2D eigenvalue weighted by Crippen LogP contribution is 2.26. The van der Waals surface area contributed by atoms with Gasteiger partial charge in [-0.15, -0.1) is 0 Å². The zero-order chi connectivity index (χ0) is 16.4. The van der Waals surface area contributed by atoms with Gasteiger partial charge in [0.25, 0.3) is 5.91 Å². The summed E-state index contributed by atoms with van der Waals surface area (Å²) in [5.74, 6) is 0.684. The molecule has 1 aliphatic rings. The first-order valence-electron chi connectivity index (χ1n) is 7.54. The van der Waals surface area contributed by atoms with E-state index < -0.39 is 5.91 Å². The molecule has 2 amide bonds. The zero-order valence-corrected chi connectivity index (χ0v) is 12.9. The zero-order valence-electron chi connectivity index (χ0n) is 12.9. The summed E-state index contributed by atoms with van der Waals surface area (Å²) in [5.41, 5.74) is 6.14. The SMILES string of the molecule is Cc1noc(C2CCCN(C(=O)c3ccc(C(N)=O)cc3)C2)n1. The summed E-state index contributed by atoms with van der Waals surface area (Å²) in [4.78, 5) is 29.7. The molecule has 1 aromatic carbocycles. The van der Waals surface area contributed by atoms with Crippen molar-refractivity contribution in [1.82, 2.24) is 15.0 Å². The molecule has 1 aliphatic heterocycles. The molecule has 1 fully saturated rings. The van der Waals surface area contributed by atoms with Crippen molar-refractivity contribution in [3.63, 3.8) is 0 Å². The van der Waals surface area contributed by atoms with Crippen LogP contribution in [0, 0.1) is 6.92 Å². The second kappa shape index (κ2) is 6.20. The number of primary amides is 1. The molecule has 1 unspecified atom stereocenters. The third-order valence-corrected chi connectivity index (χ3v) is 4.02. The van der Waals surface area contributed by atoms with E-state index in [1.54, 1.807) is 36.1 Å². The number of aromatic nitrogens is 2. The van der Waals surface area contributed by atoms with E-state index in [4.69, 9.17) is 10.3 Å². The van der Waals surface area contributed by atoms with Crippen molar-refractivity contribution < 1.29 is 14.1 Å². The number of benzene rings is 1. The van der Waals surface area contributed by atoms with Gasteiger partial charge in [-0.2, -0.15) is 4.98 Å². The predicted octanol–water partition coefficient (Wildman–Crippen LogP) is 1.50. The van der Waals surface area contributed by atoms with Crippen LogP contribution < -0.4 is 5.73 Å². The van der Waals surface area contributed by atoms with Crippen LogP contribution in [0.2, 0.25) is 0 Å². The van der Waals surface area contributed by atoms with Crippen molar-refractivity contribution in [2.24, 2.45) is 5.73 Å². The largest absolute Gasteiger partial charge is 0.366 e. The van der Waals surface area contributed by atoms with Crippen LogP contribution in [0.25, 0.3) is 0 Å². The number of hydrogen-bond donors (Lipinski definition) is 1. The smallest absolute Gasteiger partial charge is 0.253 e. The van der Waals surface area contributed by atoms with Crippen molar-refractivity contribution in [2.45, 2.75) is 25.7 Å². The Morgan fingerprint density at radius 2 is 1.96 bits per heavy atom. The average Bonchev–Trinajstić information content (AvgIpc) is 3.01. The Kier molecular flexibility index (Phi) is 4.10. The monoisotopic (exact) mass is 314 g/mol. The van der Waals surface area contributed by atoms with Gasteiger partial charge in [-0.25, -0.2) is 0 Å². The van der Waals surface area contributed by atoms with E-state index in [2.05, 4.69) is 10.1 Å². The van der Waals surface area contributed by atoms with Gasteiger partial charge >= 0.3 is 0 Å². The summed E-state index contributed by atoms with van der Waals surface area (Å²) in [5, 5.41) is 3.81. The highest BCUT2D eigenvalue weighted by Gasteiger charge is 2.28. The Labute approximate surface area is 133 Å². The normalized spacial score (nSPS) is 18.0. The molecule has 2 N–H and O–H groups in total. The number of nitrogens with zero attached hydrogens (tertiary/aromatic N) is 3. The van der Waals surface area contributed by atoms with Crippen LogP contribution >= 0.6 is 0 Å². The van der Waals surface area contributed by atoms with Gasteiger partial charge in [-0.1, -0.05) is 5.16 Å². The summed E-state index contributed by atoms with van der Waals surface area (Å²) < 4.78 is 5.23. The van der Waals surface area contributed by atoms with Gasteiger partial charge in [-0.05, 0) is 44.0 Å². The highest BCUT2D eigenvalue weighted by molar-refractivity contribution is 5.97. The number of rotatable bonds is 3. The first kappa shape index (κ1) is 15.2. The number of piperidine rings is 1. The lowest BCUT2D eigenvalue weighted by molar-refractivity contribution is 0.0695. The molecule has 120 valence electrons. The maximum absolute atomic E-state index is 12.6. The van der Waals surface area contributed by atoms with Gasteiger partial charge < -0.3 is 15.2 Å². The second-order valence-electron chi connectivity index (χ2n) is 5.71. The third-order valence-electron chi connectivity index (χ3n) is 4.02. The van der Waals surface area contributed by atoms with E-state index in [1.165, 1.54) is 0 Å². The minimum atomic E-state index is -0.506. The Morgan fingerprint density at radius 3 is 2.57 bits per heavy atom. The Balaban J connectivity index is 1.72. The molecule has 1 aromatic heterocycles. The summed E-state index contributed by atoms with van der Waals surface area (Å²) in [6.45, 7) is 3.02.